The molecule has 1 saturated carbocycles. The van der Waals surface area contributed by atoms with Crippen molar-refractivity contribution in [2.45, 2.75) is 76.8 Å². The van der Waals surface area contributed by atoms with Crippen LogP contribution < -0.4 is 10.6 Å². The number of hydrogen-bond donors (Lipinski definition) is 2. The summed E-state index contributed by atoms with van der Waals surface area (Å²) >= 11 is 0. The number of ether oxygens (including phenoxy) is 3. The van der Waals surface area contributed by atoms with Crippen molar-refractivity contribution < 1.29 is 33.2 Å². The van der Waals surface area contributed by atoms with Gasteiger partial charge in [-0.3, -0.25) is 0 Å². The summed E-state index contributed by atoms with van der Waals surface area (Å²) in [6.07, 6.45) is 3.64. The van der Waals surface area contributed by atoms with E-state index in [1.54, 1.807) is 0 Å². The lowest BCUT2D eigenvalue weighted by Crippen LogP contribution is -2.70. The van der Waals surface area contributed by atoms with Crippen LogP contribution in [0.15, 0.2) is 24.3 Å². The Bertz CT molecular complexity index is 887. The predicted molar refractivity (Wildman–Crippen MR) is 121 cm³/mol. The maximum Gasteiger partial charge on any atom is 0.319 e. The summed E-state index contributed by atoms with van der Waals surface area (Å²) in [6, 6.07) is 5.29. The van der Waals surface area contributed by atoms with E-state index in [1.807, 2.05) is 6.92 Å². The number of anilines is 1. The quantitative estimate of drug-likeness (QED) is 0.460. The third kappa shape index (κ3) is 4.33. The number of carbonyl (C=O) groups is 1. The van der Waals surface area contributed by atoms with E-state index in [-0.39, 0.29) is 23.7 Å². The van der Waals surface area contributed by atoms with Crippen LogP contribution in [0.5, 0.6) is 0 Å². The van der Waals surface area contributed by atoms with Gasteiger partial charge in [0.1, 0.15) is 5.82 Å². The Balaban J connectivity index is 1.14. The lowest BCUT2D eigenvalue weighted by molar-refractivity contribution is -0.577. The van der Waals surface area contributed by atoms with Crippen molar-refractivity contribution in [1.82, 2.24) is 5.32 Å². The van der Waals surface area contributed by atoms with Gasteiger partial charge in [0.05, 0.1) is 6.61 Å². The number of benzene rings is 1. The molecule has 34 heavy (non-hydrogen) atoms. The fourth-order valence-corrected chi connectivity index (χ4v) is 6.24. The minimum absolute atomic E-state index is 0.121. The van der Waals surface area contributed by atoms with Crippen LogP contribution in [0, 0.1) is 29.5 Å². The van der Waals surface area contributed by atoms with Crippen molar-refractivity contribution in [3.05, 3.63) is 30.1 Å². The van der Waals surface area contributed by atoms with E-state index in [9.17, 15) is 9.18 Å². The molecular weight excluding hydrogens is 443 g/mol. The average Bonchev–Trinajstić information content (AvgIpc) is 3.04. The van der Waals surface area contributed by atoms with Gasteiger partial charge in [-0.25, -0.2) is 19.0 Å². The van der Waals surface area contributed by atoms with Gasteiger partial charge in [-0.2, -0.15) is 0 Å². The number of nitrogens with one attached hydrogen (secondary N) is 2. The highest BCUT2D eigenvalue weighted by Gasteiger charge is 2.69. The van der Waals surface area contributed by atoms with E-state index in [4.69, 9.17) is 24.0 Å². The van der Waals surface area contributed by atoms with Crippen molar-refractivity contribution in [2.24, 2.45) is 23.7 Å². The molecule has 9 heteroatoms. The number of carbonyl (C=O) groups excluding carboxylic acids is 1. The van der Waals surface area contributed by atoms with Crippen LogP contribution >= 0.6 is 0 Å². The van der Waals surface area contributed by atoms with Gasteiger partial charge in [0.15, 0.2) is 18.2 Å². The van der Waals surface area contributed by atoms with Crippen LogP contribution in [0.4, 0.5) is 14.9 Å². The highest BCUT2D eigenvalue weighted by atomic mass is 19.1. The standard InChI is InChI=1S/C25H35FN2O6/c1-15-5-10-20-16(2)21(31-22-25(20)19(15)11-12-24(3,32-22)33-34-25)30-14-4-13-27-23(29)28-18-8-6-17(26)7-9-18/h6-9,15-16,19-22H,4-5,10-14H2,1-3H3,(H2,27,28,29)/t15-,16-,19+,20+,21-,22-,24+,25-/m1/s1. The topological polar surface area (TPSA) is 87.3 Å². The van der Waals surface area contributed by atoms with E-state index in [0.29, 0.717) is 37.1 Å². The summed E-state index contributed by atoms with van der Waals surface area (Å²) in [5.41, 5.74) is -0.0568. The molecule has 8 nitrogen and oxygen atoms in total. The molecule has 4 aliphatic heterocycles. The van der Waals surface area contributed by atoms with Crippen LogP contribution in [0.3, 0.4) is 0 Å². The predicted octanol–water partition coefficient (Wildman–Crippen LogP) is 4.56. The highest BCUT2D eigenvalue weighted by molar-refractivity contribution is 5.89. The number of halogens is 1. The third-order valence-corrected chi connectivity index (χ3v) is 8.09. The first-order chi connectivity index (χ1) is 16.3. The minimum Gasteiger partial charge on any atom is -0.352 e. The molecule has 1 aromatic rings. The van der Waals surface area contributed by atoms with Crippen molar-refractivity contribution in [3.63, 3.8) is 0 Å². The van der Waals surface area contributed by atoms with Gasteiger partial charge in [-0.05, 0) is 68.7 Å². The zero-order valence-electron chi connectivity index (χ0n) is 20.1. The lowest BCUT2D eigenvalue weighted by atomic mass is 9.58. The maximum atomic E-state index is 13.0. The molecule has 188 valence electrons. The van der Waals surface area contributed by atoms with Gasteiger partial charge in [-0.15, -0.1) is 0 Å². The van der Waals surface area contributed by atoms with Gasteiger partial charge >= 0.3 is 6.03 Å². The number of hydrogen-bond acceptors (Lipinski definition) is 6. The summed E-state index contributed by atoms with van der Waals surface area (Å²) < 4.78 is 31.9. The Kier molecular flexibility index (Phi) is 6.58. The molecule has 4 heterocycles. The first-order valence-electron chi connectivity index (χ1n) is 12.4. The Morgan fingerprint density at radius 1 is 1.15 bits per heavy atom. The van der Waals surface area contributed by atoms with Crippen molar-refractivity contribution in [3.8, 4) is 0 Å². The zero-order valence-corrected chi connectivity index (χ0v) is 20.1. The van der Waals surface area contributed by atoms with Gasteiger partial charge in [0.2, 0.25) is 5.79 Å². The average molecular weight is 479 g/mol. The molecule has 2 N–H and O–H groups in total. The number of urea groups is 1. The van der Waals surface area contributed by atoms with Gasteiger partial charge < -0.3 is 24.8 Å². The first-order valence-corrected chi connectivity index (χ1v) is 12.4. The molecule has 5 aliphatic rings. The second kappa shape index (κ2) is 9.35. The molecule has 8 atom stereocenters. The molecule has 1 aromatic carbocycles. The molecule has 2 amide bonds. The molecule has 2 bridgehead atoms. The summed E-state index contributed by atoms with van der Waals surface area (Å²) in [7, 11) is 0. The molecule has 0 unspecified atom stereocenters. The second-order valence-corrected chi connectivity index (χ2v) is 10.4. The Morgan fingerprint density at radius 3 is 2.74 bits per heavy atom. The number of amides is 2. The zero-order chi connectivity index (χ0) is 23.9. The lowest BCUT2D eigenvalue weighted by Gasteiger charge is -2.60. The summed E-state index contributed by atoms with van der Waals surface area (Å²) in [5.74, 6) is 0.0430. The Hall–Kier alpha value is -1.78. The van der Waals surface area contributed by atoms with Crippen LogP contribution in [0.1, 0.15) is 52.9 Å². The van der Waals surface area contributed by atoms with E-state index < -0.39 is 24.0 Å². The highest BCUT2D eigenvalue weighted by Crippen LogP contribution is 2.60. The van der Waals surface area contributed by atoms with Crippen LogP contribution in [-0.4, -0.2) is 43.2 Å². The second-order valence-electron chi connectivity index (χ2n) is 10.4. The third-order valence-electron chi connectivity index (χ3n) is 8.09. The fourth-order valence-electron chi connectivity index (χ4n) is 6.24. The molecule has 4 saturated heterocycles. The molecular formula is C25H35FN2O6. The van der Waals surface area contributed by atoms with E-state index >= 15 is 0 Å². The van der Waals surface area contributed by atoms with Crippen LogP contribution in [0.25, 0.3) is 0 Å². The van der Waals surface area contributed by atoms with E-state index in [1.165, 1.54) is 24.3 Å². The minimum atomic E-state index is -0.801. The molecule has 1 spiro atoms. The monoisotopic (exact) mass is 478 g/mol. The molecule has 0 aromatic heterocycles. The molecule has 1 aliphatic carbocycles. The maximum absolute atomic E-state index is 13.0. The Morgan fingerprint density at radius 2 is 1.94 bits per heavy atom. The van der Waals surface area contributed by atoms with Gasteiger partial charge in [-0.1, -0.05) is 13.8 Å². The number of rotatable bonds is 6. The first kappa shape index (κ1) is 23.9. The SMILES string of the molecule is C[C@H]1[C@H](OCCCNC(=O)Nc2ccc(F)cc2)O[C@@H]2O[C@]3(C)CC[C@H]4[C@H](C)CC[C@@H]1[C@@]24OO3. The van der Waals surface area contributed by atoms with Gasteiger partial charge in [0.25, 0.3) is 0 Å². The van der Waals surface area contributed by atoms with Crippen molar-refractivity contribution >= 4 is 11.7 Å². The van der Waals surface area contributed by atoms with E-state index in [0.717, 1.165) is 25.7 Å². The summed E-state index contributed by atoms with van der Waals surface area (Å²) in [5, 5.41) is 5.46. The number of fused-ring (bicyclic) bond motifs is 2. The van der Waals surface area contributed by atoms with E-state index in [2.05, 4.69) is 24.5 Å². The van der Waals surface area contributed by atoms with Gasteiger partial charge in [0, 0.05) is 30.5 Å². The smallest absolute Gasteiger partial charge is 0.319 e. The molecule has 6 rings (SSSR count). The normalized spacial score (nSPS) is 40.8. The largest absolute Gasteiger partial charge is 0.352 e. The van der Waals surface area contributed by atoms with Crippen molar-refractivity contribution in [1.29, 1.82) is 0 Å². The summed E-state index contributed by atoms with van der Waals surface area (Å²) in [4.78, 5) is 24.0. The van der Waals surface area contributed by atoms with Crippen molar-refractivity contribution in [2.75, 3.05) is 18.5 Å². The van der Waals surface area contributed by atoms with Crippen LogP contribution in [-0.2, 0) is 24.0 Å². The summed E-state index contributed by atoms with van der Waals surface area (Å²) in [6.45, 7) is 7.24. The molecule has 0 radical (unpaired) electrons. The molecule has 5 fully saturated rings. The fraction of sp³-hybridized carbons (Fsp3) is 0.720. The Labute approximate surface area is 199 Å². The van der Waals surface area contributed by atoms with Crippen LogP contribution in [0.2, 0.25) is 0 Å².